The number of alkyl halides is 3. The van der Waals surface area contributed by atoms with Crippen molar-refractivity contribution in [2.24, 2.45) is 5.73 Å². The minimum absolute atomic E-state index is 0.0815. The standard InChI is InChI=1S/C7H5BrF4N2O/c8-4-1-3(2-13)14-6(9)5(4)15-7(10,11)12/h1H,2,13H2. The lowest BCUT2D eigenvalue weighted by atomic mass is 10.3. The minimum Gasteiger partial charge on any atom is -0.400 e. The number of aromatic nitrogens is 1. The number of ether oxygens (including phenoxy) is 1. The van der Waals surface area contributed by atoms with E-state index in [-0.39, 0.29) is 16.7 Å². The summed E-state index contributed by atoms with van der Waals surface area (Å²) >= 11 is 2.73. The number of pyridine rings is 1. The maximum absolute atomic E-state index is 13.0. The molecule has 0 aliphatic heterocycles. The molecule has 0 amide bonds. The molecule has 1 rings (SSSR count). The highest BCUT2D eigenvalue weighted by atomic mass is 79.9. The Kier molecular flexibility index (Phi) is 3.50. The average molecular weight is 289 g/mol. The van der Waals surface area contributed by atoms with Gasteiger partial charge in [0.05, 0.1) is 10.2 Å². The van der Waals surface area contributed by atoms with Crippen LogP contribution < -0.4 is 10.5 Å². The molecule has 0 spiro atoms. The highest BCUT2D eigenvalue weighted by Gasteiger charge is 2.34. The summed E-state index contributed by atoms with van der Waals surface area (Å²) < 4.78 is 51.7. The second kappa shape index (κ2) is 4.31. The largest absolute Gasteiger partial charge is 0.573 e. The van der Waals surface area contributed by atoms with Crippen LogP contribution in [0.15, 0.2) is 10.5 Å². The molecule has 84 valence electrons. The molecule has 15 heavy (non-hydrogen) atoms. The summed E-state index contributed by atoms with van der Waals surface area (Å²) in [7, 11) is 0. The van der Waals surface area contributed by atoms with E-state index in [0.29, 0.717) is 0 Å². The van der Waals surface area contributed by atoms with Gasteiger partial charge in [-0.15, -0.1) is 13.2 Å². The lowest BCUT2D eigenvalue weighted by molar-refractivity contribution is -0.276. The predicted molar refractivity (Wildman–Crippen MR) is 46.5 cm³/mol. The summed E-state index contributed by atoms with van der Waals surface area (Å²) in [5.41, 5.74) is 5.27. The number of hydrogen-bond acceptors (Lipinski definition) is 3. The Bertz CT molecular complexity index is 345. The third kappa shape index (κ3) is 3.31. The zero-order valence-electron chi connectivity index (χ0n) is 7.11. The summed E-state index contributed by atoms with van der Waals surface area (Å²) in [4.78, 5) is 3.19. The topological polar surface area (TPSA) is 48.1 Å². The molecule has 1 aromatic heterocycles. The molecule has 0 unspecified atom stereocenters. The van der Waals surface area contributed by atoms with E-state index < -0.39 is 18.1 Å². The minimum atomic E-state index is -4.96. The van der Waals surface area contributed by atoms with E-state index in [1.807, 2.05) is 0 Å². The van der Waals surface area contributed by atoms with Crippen molar-refractivity contribution >= 4 is 15.9 Å². The number of halogens is 5. The summed E-state index contributed by atoms with van der Waals surface area (Å²) in [6, 6.07) is 1.16. The SMILES string of the molecule is NCc1cc(Br)c(OC(F)(F)F)c(F)n1. The van der Waals surface area contributed by atoms with Crippen LogP contribution in [0, 0.1) is 5.95 Å². The van der Waals surface area contributed by atoms with Gasteiger partial charge in [0.25, 0.3) is 5.95 Å². The molecule has 8 heteroatoms. The van der Waals surface area contributed by atoms with Gasteiger partial charge in [0.15, 0.2) is 5.75 Å². The van der Waals surface area contributed by atoms with E-state index >= 15 is 0 Å². The number of nitrogens with two attached hydrogens (primary N) is 1. The summed E-state index contributed by atoms with van der Waals surface area (Å²) in [5.74, 6) is -2.36. The fraction of sp³-hybridized carbons (Fsp3) is 0.286. The van der Waals surface area contributed by atoms with Gasteiger partial charge in [-0.3, -0.25) is 0 Å². The first kappa shape index (κ1) is 12.2. The van der Waals surface area contributed by atoms with Gasteiger partial charge in [-0.2, -0.15) is 4.39 Å². The first-order valence-electron chi connectivity index (χ1n) is 3.64. The summed E-state index contributed by atoms with van der Waals surface area (Å²) in [5, 5.41) is 0. The van der Waals surface area contributed by atoms with Gasteiger partial charge in [-0.1, -0.05) is 0 Å². The van der Waals surface area contributed by atoms with Crippen LogP contribution in [-0.4, -0.2) is 11.3 Å². The van der Waals surface area contributed by atoms with Crippen LogP contribution in [0.1, 0.15) is 5.69 Å². The molecule has 0 aromatic carbocycles. The van der Waals surface area contributed by atoms with E-state index in [9.17, 15) is 17.6 Å². The van der Waals surface area contributed by atoms with Gasteiger partial charge in [-0.05, 0) is 22.0 Å². The summed E-state index contributed by atoms with van der Waals surface area (Å²) in [6.45, 7) is -0.0815. The van der Waals surface area contributed by atoms with Crippen molar-refractivity contribution in [2.75, 3.05) is 0 Å². The number of nitrogens with zero attached hydrogens (tertiary/aromatic N) is 1. The third-order valence-corrected chi connectivity index (χ3v) is 1.96. The smallest absolute Gasteiger partial charge is 0.400 e. The Balaban J connectivity index is 3.09. The monoisotopic (exact) mass is 288 g/mol. The molecule has 0 fully saturated rings. The van der Waals surface area contributed by atoms with Crippen molar-refractivity contribution in [2.45, 2.75) is 12.9 Å². The molecule has 1 aromatic rings. The van der Waals surface area contributed by atoms with Crippen molar-refractivity contribution in [1.29, 1.82) is 0 Å². The molecular weight excluding hydrogens is 284 g/mol. The molecular formula is C7H5BrF4N2O. The molecule has 0 bridgehead atoms. The van der Waals surface area contributed by atoms with E-state index in [2.05, 4.69) is 25.7 Å². The molecule has 3 nitrogen and oxygen atoms in total. The first-order valence-corrected chi connectivity index (χ1v) is 4.43. The van der Waals surface area contributed by atoms with Crippen molar-refractivity contribution in [1.82, 2.24) is 4.98 Å². The Morgan fingerprint density at radius 3 is 2.47 bits per heavy atom. The molecule has 0 radical (unpaired) electrons. The Labute approximate surface area is 90.4 Å². The molecule has 2 N–H and O–H groups in total. The van der Waals surface area contributed by atoms with E-state index in [1.54, 1.807) is 0 Å². The highest BCUT2D eigenvalue weighted by Crippen LogP contribution is 2.32. The van der Waals surface area contributed by atoms with Gasteiger partial charge >= 0.3 is 6.36 Å². The average Bonchev–Trinajstić information content (AvgIpc) is 2.09. The van der Waals surface area contributed by atoms with E-state index in [0.717, 1.165) is 6.07 Å². The van der Waals surface area contributed by atoms with Gasteiger partial charge in [-0.25, -0.2) is 4.98 Å². The molecule has 0 atom stereocenters. The molecule has 1 heterocycles. The van der Waals surface area contributed by atoms with Gasteiger partial charge < -0.3 is 10.5 Å². The van der Waals surface area contributed by atoms with Gasteiger partial charge in [0, 0.05) is 6.54 Å². The Morgan fingerprint density at radius 1 is 1.47 bits per heavy atom. The van der Waals surface area contributed by atoms with Crippen LogP contribution in [-0.2, 0) is 6.54 Å². The van der Waals surface area contributed by atoms with Crippen LogP contribution in [0.5, 0.6) is 5.75 Å². The zero-order chi connectivity index (χ0) is 11.6. The fourth-order valence-electron chi connectivity index (χ4n) is 0.831. The Hall–Kier alpha value is -0.890. The molecule has 0 aliphatic rings. The lowest BCUT2D eigenvalue weighted by Gasteiger charge is -2.11. The van der Waals surface area contributed by atoms with Crippen LogP contribution in [0.25, 0.3) is 0 Å². The van der Waals surface area contributed by atoms with E-state index in [4.69, 9.17) is 5.73 Å². The molecule has 0 saturated heterocycles. The lowest BCUT2D eigenvalue weighted by Crippen LogP contribution is -2.19. The zero-order valence-corrected chi connectivity index (χ0v) is 8.69. The Morgan fingerprint density at radius 2 is 2.07 bits per heavy atom. The summed E-state index contributed by atoms with van der Waals surface area (Å²) in [6.07, 6.45) is -4.96. The van der Waals surface area contributed by atoms with Crippen LogP contribution >= 0.6 is 15.9 Å². The third-order valence-electron chi connectivity index (χ3n) is 1.37. The molecule has 0 aliphatic carbocycles. The second-order valence-corrected chi connectivity index (χ2v) is 3.32. The highest BCUT2D eigenvalue weighted by molar-refractivity contribution is 9.10. The fourth-order valence-corrected chi connectivity index (χ4v) is 1.34. The van der Waals surface area contributed by atoms with Crippen molar-refractivity contribution in [3.05, 3.63) is 22.2 Å². The first-order chi connectivity index (χ1) is 6.83. The maximum atomic E-state index is 13.0. The van der Waals surface area contributed by atoms with Crippen LogP contribution in [0.4, 0.5) is 17.6 Å². The number of hydrogen-bond donors (Lipinski definition) is 1. The van der Waals surface area contributed by atoms with Crippen molar-refractivity contribution in [3.8, 4) is 5.75 Å². The second-order valence-electron chi connectivity index (χ2n) is 2.47. The van der Waals surface area contributed by atoms with Crippen LogP contribution in [0.2, 0.25) is 0 Å². The predicted octanol–water partition coefficient (Wildman–Crippen LogP) is 2.34. The number of rotatable bonds is 2. The van der Waals surface area contributed by atoms with Crippen molar-refractivity contribution in [3.63, 3.8) is 0 Å². The van der Waals surface area contributed by atoms with E-state index in [1.165, 1.54) is 0 Å². The van der Waals surface area contributed by atoms with Crippen LogP contribution in [0.3, 0.4) is 0 Å². The van der Waals surface area contributed by atoms with Crippen molar-refractivity contribution < 1.29 is 22.3 Å². The maximum Gasteiger partial charge on any atom is 0.573 e. The molecule has 0 saturated carbocycles. The van der Waals surface area contributed by atoms with Gasteiger partial charge in [0.1, 0.15) is 0 Å². The quantitative estimate of drug-likeness (QED) is 0.671. The van der Waals surface area contributed by atoms with Gasteiger partial charge in [0.2, 0.25) is 0 Å². The normalized spacial score (nSPS) is 11.6.